The maximum atomic E-state index is 13.4. The number of rotatable bonds is 4. The standard InChI is InChI=1S/C12H14FNO/c1-4-11(14-5-2)9-6-7-12(15-3)10(13)8-9/h1,6-8,11,14H,5H2,2-3H3. The van der Waals surface area contributed by atoms with E-state index in [4.69, 9.17) is 11.2 Å². The Kier molecular flexibility index (Phi) is 4.14. The van der Waals surface area contributed by atoms with Crippen molar-refractivity contribution < 1.29 is 9.13 Å². The monoisotopic (exact) mass is 207 g/mol. The van der Waals surface area contributed by atoms with Crippen LogP contribution in [0.1, 0.15) is 18.5 Å². The zero-order chi connectivity index (χ0) is 11.3. The minimum absolute atomic E-state index is 0.228. The molecule has 0 radical (unpaired) electrons. The Hall–Kier alpha value is -1.53. The van der Waals surface area contributed by atoms with Crippen LogP contribution in [0.5, 0.6) is 5.75 Å². The van der Waals surface area contributed by atoms with E-state index in [0.717, 1.165) is 12.1 Å². The van der Waals surface area contributed by atoms with E-state index in [9.17, 15) is 4.39 Å². The third kappa shape index (κ3) is 2.71. The van der Waals surface area contributed by atoms with Gasteiger partial charge < -0.3 is 10.1 Å². The van der Waals surface area contributed by atoms with E-state index in [1.165, 1.54) is 13.2 Å². The first-order valence-corrected chi connectivity index (χ1v) is 4.75. The lowest BCUT2D eigenvalue weighted by Gasteiger charge is -2.12. The van der Waals surface area contributed by atoms with E-state index in [-0.39, 0.29) is 11.8 Å². The molecule has 1 aromatic carbocycles. The second kappa shape index (κ2) is 5.38. The van der Waals surface area contributed by atoms with Crippen LogP contribution in [-0.4, -0.2) is 13.7 Å². The van der Waals surface area contributed by atoms with Gasteiger partial charge in [-0.2, -0.15) is 0 Å². The normalized spacial score (nSPS) is 11.9. The fourth-order valence-electron chi connectivity index (χ4n) is 1.34. The molecule has 15 heavy (non-hydrogen) atoms. The molecule has 80 valence electrons. The molecule has 0 aliphatic heterocycles. The molecule has 0 amide bonds. The fraction of sp³-hybridized carbons (Fsp3) is 0.333. The van der Waals surface area contributed by atoms with Crippen LogP contribution in [0.2, 0.25) is 0 Å². The molecule has 3 heteroatoms. The molecule has 1 aromatic rings. The largest absolute Gasteiger partial charge is 0.494 e. The third-order valence-corrected chi connectivity index (χ3v) is 2.08. The van der Waals surface area contributed by atoms with Gasteiger partial charge in [-0.3, -0.25) is 0 Å². The Bertz CT molecular complexity index is 370. The molecule has 1 atom stereocenters. The quantitative estimate of drug-likeness (QED) is 0.763. The zero-order valence-corrected chi connectivity index (χ0v) is 8.88. The summed E-state index contributed by atoms with van der Waals surface area (Å²) in [6.45, 7) is 2.69. The lowest BCUT2D eigenvalue weighted by molar-refractivity contribution is 0.386. The zero-order valence-electron chi connectivity index (χ0n) is 8.88. The topological polar surface area (TPSA) is 21.3 Å². The highest BCUT2D eigenvalue weighted by molar-refractivity contribution is 5.33. The molecular formula is C12H14FNO. The lowest BCUT2D eigenvalue weighted by Crippen LogP contribution is -2.19. The number of ether oxygens (including phenoxy) is 1. The Labute approximate surface area is 89.4 Å². The molecule has 0 saturated heterocycles. The average Bonchev–Trinajstić information content (AvgIpc) is 2.25. The van der Waals surface area contributed by atoms with Crippen molar-refractivity contribution >= 4 is 0 Å². The Balaban J connectivity index is 2.96. The number of terminal acetylenes is 1. The van der Waals surface area contributed by atoms with Crippen LogP contribution >= 0.6 is 0 Å². The van der Waals surface area contributed by atoms with Crippen molar-refractivity contribution in [1.82, 2.24) is 5.32 Å². The summed E-state index contributed by atoms with van der Waals surface area (Å²) in [6, 6.07) is 4.48. The summed E-state index contributed by atoms with van der Waals surface area (Å²) in [4.78, 5) is 0. The first kappa shape index (κ1) is 11.5. The molecule has 2 nitrogen and oxygen atoms in total. The number of nitrogens with one attached hydrogen (secondary N) is 1. The van der Waals surface area contributed by atoms with Gasteiger partial charge in [-0.25, -0.2) is 4.39 Å². The predicted molar refractivity (Wildman–Crippen MR) is 58.2 cm³/mol. The average molecular weight is 207 g/mol. The van der Waals surface area contributed by atoms with Crippen LogP contribution in [0, 0.1) is 18.2 Å². The van der Waals surface area contributed by atoms with E-state index in [1.807, 2.05) is 6.92 Å². The predicted octanol–water partition coefficient (Wildman–Crippen LogP) is 2.12. The number of hydrogen-bond acceptors (Lipinski definition) is 2. The summed E-state index contributed by atoms with van der Waals surface area (Å²) in [5.74, 6) is 2.40. The van der Waals surface area contributed by atoms with E-state index >= 15 is 0 Å². The molecule has 0 bridgehead atoms. The maximum absolute atomic E-state index is 13.4. The second-order valence-electron chi connectivity index (χ2n) is 3.05. The highest BCUT2D eigenvalue weighted by Gasteiger charge is 2.09. The smallest absolute Gasteiger partial charge is 0.165 e. The van der Waals surface area contributed by atoms with Crippen LogP contribution in [0.3, 0.4) is 0 Å². The Morgan fingerprint density at radius 1 is 1.60 bits per heavy atom. The summed E-state index contributed by atoms with van der Waals surface area (Å²) in [6.07, 6.45) is 5.35. The molecule has 0 saturated carbocycles. The lowest BCUT2D eigenvalue weighted by atomic mass is 10.1. The van der Waals surface area contributed by atoms with Gasteiger partial charge in [-0.05, 0) is 24.2 Å². The molecule has 0 heterocycles. The summed E-state index contributed by atoms with van der Waals surface area (Å²) in [5.41, 5.74) is 0.734. The van der Waals surface area contributed by atoms with Crippen molar-refractivity contribution in [3.8, 4) is 18.1 Å². The molecule has 1 rings (SSSR count). The van der Waals surface area contributed by atoms with Crippen molar-refractivity contribution in [3.63, 3.8) is 0 Å². The molecule has 0 spiro atoms. The van der Waals surface area contributed by atoms with Crippen molar-refractivity contribution in [1.29, 1.82) is 0 Å². The molecule has 1 unspecified atom stereocenters. The van der Waals surface area contributed by atoms with E-state index in [1.54, 1.807) is 12.1 Å². The van der Waals surface area contributed by atoms with Crippen molar-refractivity contribution in [3.05, 3.63) is 29.6 Å². The van der Waals surface area contributed by atoms with Crippen molar-refractivity contribution in [2.75, 3.05) is 13.7 Å². The van der Waals surface area contributed by atoms with Gasteiger partial charge in [0.1, 0.15) is 0 Å². The molecule has 0 aliphatic rings. The van der Waals surface area contributed by atoms with Gasteiger partial charge in [-0.1, -0.05) is 18.9 Å². The number of halogens is 1. The third-order valence-electron chi connectivity index (χ3n) is 2.08. The molecule has 0 fully saturated rings. The minimum atomic E-state index is -0.395. The highest BCUT2D eigenvalue weighted by Crippen LogP contribution is 2.21. The summed E-state index contributed by atoms with van der Waals surface area (Å²) in [5, 5.41) is 3.07. The van der Waals surface area contributed by atoms with Crippen LogP contribution < -0.4 is 10.1 Å². The Morgan fingerprint density at radius 2 is 2.33 bits per heavy atom. The van der Waals surface area contributed by atoms with Gasteiger partial charge in [0.15, 0.2) is 11.6 Å². The van der Waals surface area contributed by atoms with Gasteiger partial charge in [0.05, 0.1) is 13.2 Å². The number of methoxy groups -OCH3 is 1. The van der Waals surface area contributed by atoms with Crippen LogP contribution in [0.4, 0.5) is 4.39 Å². The van der Waals surface area contributed by atoms with Crippen LogP contribution in [0.25, 0.3) is 0 Å². The van der Waals surface area contributed by atoms with E-state index < -0.39 is 5.82 Å². The maximum Gasteiger partial charge on any atom is 0.165 e. The molecular weight excluding hydrogens is 193 g/mol. The van der Waals surface area contributed by atoms with E-state index in [2.05, 4.69) is 11.2 Å². The first-order chi connectivity index (χ1) is 7.22. The van der Waals surface area contributed by atoms with Crippen LogP contribution in [0.15, 0.2) is 18.2 Å². The summed E-state index contributed by atoms with van der Waals surface area (Å²) in [7, 11) is 1.43. The van der Waals surface area contributed by atoms with Gasteiger partial charge in [0.2, 0.25) is 0 Å². The molecule has 1 N–H and O–H groups in total. The Morgan fingerprint density at radius 3 is 2.80 bits per heavy atom. The fourth-order valence-corrected chi connectivity index (χ4v) is 1.34. The van der Waals surface area contributed by atoms with Crippen molar-refractivity contribution in [2.45, 2.75) is 13.0 Å². The van der Waals surface area contributed by atoms with Gasteiger partial charge in [0.25, 0.3) is 0 Å². The molecule has 0 aromatic heterocycles. The van der Waals surface area contributed by atoms with Crippen molar-refractivity contribution in [2.24, 2.45) is 0 Å². The SMILES string of the molecule is C#CC(NCC)c1ccc(OC)c(F)c1. The van der Waals surface area contributed by atoms with Crippen LogP contribution in [-0.2, 0) is 0 Å². The number of benzene rings is 1. The number of hydrogen-bond donors (Lipinski definition) is 1. The summed E-state index contributed by atoms with van der Waals surface area (Å²) >= 11 is 0. The van der Waals surface area contributed by atoms with E-state index in [0.29, 0.717) is 0 Å². The second-order valence-corrected chi connectivity index (χ2v) is 3.05. The minimum Gasteiger partial charge on any atom is -0.494 e. The van der Waals surface area contributed by atoms with Gasteiger partial charge in [-0.15, -0.1) is 6.42 Å². The van der Waals surface area contributed by atoms with Gasteiger partial charge in [0, 0.05) is 0 Å². The summed E-state index contributed by atoms with van der Waals surface area (Å²) < 4.78 is 18.2. The van der Waals surface area contributed by atoms with Gasteiger partial charge >= 0.3 is 0 Å². The highest BCUT2D eigenvalue weighted by atomic mass is 19.1. The first-order valence-electron chi connectivity index (χ1n) is 4.75. The molecule has 0 aliphatic carbocycles.